The van der Waals surface area contributed by atoms with E-state index in [2.05, 4.69) is 107 Å². The molecule has 0 unspecified atom stereocenters. The lowest BCUT2D eigenvalue weighted by Crippen LogP contribution is -2.31. The normalized spacial score (nSPS) is 17.3. The number of thiocarbonyl (C=S) groups is 1. The summed E-state index contributed by atoms with van der Waals surface area (Å²) in [6.45, 7) is 7.04. The van der Waals surface area contributed by atoms with Gasteiger partial charge in [0.2, 0.25) is 0 Å². The van der Waals surface area contributed by atoms with Crippen LogP contribution in [0, 0.1) is 13.8 Å². The maximum absolute atomic E-state index is 5.89. The van der Waals surface area contributed by atoms with Crippen LogP contribution in [0.2, 0.25) is 0 Å². The Morgan fingerprint density at radius 3 is 2.39 bits per heavy atom. The van der Waals surface area contributed by atoms with Gasteiger partial charge in [0.15, 0.2) is 5.11 Å². The zero-order valence-corrected chi connectivity index (χ0v) is 21.7. The Morgan fingerprint density at radius 1 is 0.944 bits per heavy atom. The molecule has 3 heterocycles. The van der Waals surface area contributed by atoms with Gasteiger partial charge in [-0.05, 0) is 73.9 Å². The van der Waals surface area contributed by atoms with Crippen molar-refractivity contribution >= 4 is 23.0 Å². The first kappa shape index (κ1) is 24.1. The Balaban J connectivity index is 1.41. The second-order valence-electron chi connectivity index (χ2n) is 9.36. The molecule has 1 aliphatic rings. The van der Waals surface area contributed by atoms with Crippen molar-refractivity contribution in [3.05, 3.63) is 119 Å². The summed E-state index contributed by atoms with van der Waals surface area (Å²) in [6.07, 6.45) is 2.84. The SMILES string of the molecule is Cc1cc([C@@H]2[C@H](c3ccccn3)NC(=S)N2CCCNc2ccccc2)c(C)n1Cc1ccccc1. The molecule has 1 aliphatic heterocycles. The first-order chi connectivity index (χ1) is 17.6. The molecule has 6 heteroatoms. The number of anilines is 1. The lowest BCUT2D eigenvalue weighted by Gasteiger charge is -2.28. The van der Waals surface area contributed by atoms with Gasteiger partial charge in [-0.3, -0.25) is 4.98 Å². The van der Waals surface area contributed by atoms with Gasteiger partial charge in [0.05, 0.1) is 17.8 Å². The summed E-state index contributed by atoms with van der Waals surface area (Å²) in [5.74, 6) is 0. The van der Waals surface area contributed by atoms with Gasteiger partial charge in [-0.2, -0.15) is 0 Å². The first-order valence-electron chi connectivity index (χ1n) is 12.6. The third-order valence-electron chi connectivity index (χ3n) is 6.99. The maximum atomic E-state index is 5.89. The van der Waals surface area contributed by atoms with Gasteiger partial charge in [0.25, 0.3) is 0 Å². The van der Waals surface area contributed by atoms with Gasteiger partial charge in [-0.25, -0.2) is 0 Å². The van der Waals surface area contributed by atoms with Gasteiger partial charge in [0, 0.05) is 42.9 Å². The minimum atomic E-state index is 0.00598. The molecule has 0 saturated carbocycles. The summed E-state index contributed by atoms with van der Waals surface area (Å²) in [7, 11) is 0. The molecule has 5 rings (SSSR count). The molecular formula is C30H33N5S. The zero-order valence-electron chi connectivity index (χ0n) is 20.9. The van der Waals surface area contributed by atoms with Crippen LogP contribution in [-0.2, 0) is 6.54 Å². The third kappa shape index (κ3) is 5.14. The smallest absolute Gasteiger partial charge is 0.170 e. The summed E-state index contributed by atoms with van der Waals surface area (Å²) in [4.78, 5) is 7.06. The summed E-state index contributed by atoms with van der Waals surface area (Å²) in [5, 5.41) is 7.92. The Labute approximate surface area is 219 Å². The highest BCUT2D eigenvalue weighted by Crippen LogP contribution is 2.41. The van der Waals surface area contributed by atoms with Gasteiger partial charge >= 0.3 is 0 Å². The number of nitrogens with one attached hydrogen (secondary N) is 2. The van der Waals surface area contributed by atoms with Crippen LogP contribution in [0.15, 0.2) is 91.1 Å². The van der Waals surface area contributed by atoms with E-state index in [0.29, 0.717) is 0 Å². The topological polar surface area (TPSA) is 45.1 Å². The number of aromatic nitrogens is 2. The quantitative estimate of drug-likeness (QED) is 0.220. The standard InChI is InChI=1S/C30H33N5S/c1-22-20-26(23(2)35(22)21-24-12-5-3-6-13-24)29-28(27-16-9-10-17-32-27)33-30(36)34(29)19-11-18-31-25-14-7-4-8-15-25/h3-10,12-17,20,28-29,31H,11,18-19,21H2,1-2H3,(H,33,36)/t28-,29+/m0/s1. The molecular weight excluding hydrogens is 462 g/mol. The average Bonchev–Trinajstić information content (AvgIpc) is 3.38. The van der Waals surface area contributed by atoms with E-state index >= 15 is 0 Å². The van der Waals surface area contributed by atoms with Crippen molar-refractivity contribution in [1.29, 1.82) is 0 Å². The summed E-state index contributed by atoms with van der Waals surface area (Å²) in [6, 6.07) is 29.5. The third-order valence-corrected chi connectivity index (χ3v) is 7.34. The van der Waals surface area contributed by atoms with Gasteiger partial charge in [-0.1, -0.05) is 54.6 Å². The largest absolute Gasteiger partial charge is 0.385 e. The van der Waals surface area contributed by atoms with E-state index in [1.807, 2.05) is 18.3 Å². The van der Waals surface area contributed by atoms with Crippen molar-refractivity contribution in [1.82, 2.24) is 19.8 Å². The average molecular weight is 496 g/mol. The van der Waals surface area contributed by atoms with Crippen LogP contribution in [0.1, 0.15) is 46.7 Å². The van der Waals surface area contributed by atoms with Crippen LogP contribution < -0.4 is 10.6 Å². The van der Waals surface area contributed by atoms with Crippen molar-refractivity contribution in [3.8, 4) is 0 Å². The number of benzene rings is 2. The van der Waals surface area contributed by atoms with E-state index in [4.69, 9.17) is 17.2 Å². The summed E-state index contributed by atoms with van der Waals surface area (Å²) < 4.78 is 2.41. The van der Waals surface area contributed by atoms with Crippen LogP contribution in [0.5, 0.6) is 0 Å². The lowest BCUT2D eigenvalue weighted by molar-refractivity contribution is 0.315. The Kier molecular flexibility index (Phi) is 7.33. The predicted molar refractivity (Wildman–Crippen MR) is 151 cm³/mol. The highest BCUT2D eigenvalue weighted by molar-refractivity contribution is 7.80. The molecule has 2 aromatic heterocycles. The van der Waals surface area contributed by atoms with E-state index in [-0.39, 0.29) is 12.1 Å². The van der Waals surface area contributed by atoms with E-state index in [1.54, 1.807) is 0 Å². The van der Waals surface area contributed by atoms with Gasteiger partial charge in [-0.15, -0.1) is 0 Å². The van der Waals surface area contributed by atoms with Gasteiger partial charge in [0.1, 0.15) is 0 Å². The minimum Gasteiger partial charge on any atom is -0.385 e. The minimum absolute atomic E-state index is 0.00598. The summed E-state index contributed by atoms with van der Waals surface area (Å²) >= 11 is 5.89. The fraction of sp³-hybridized carbons (Fsp3) is 0.267. The highest BCUT2D eigenvalue weighted by atomic mass is 32.1. The molecule has 36 heavy (non-hydrogen) atoms. The monoisotopic (exact) mass is 495 g/mol. The van der Waals surface area contributed by atoms with Crippen LogP contribution in [0.3, 0.4) is 0 Å². The molecule has 1 fully saturated rings. The molecule has 0 radical (unpaired) electrons. The molecule has 0 bridgehead atoms. The second kappa shape index (κ2) is 11.0. The van der Waals surface area contributed by atoms with Crippen LogP contribution >= 0.6 is 12.2 Å². The molecule has 2 atom stereocenters. The fourth-order valence-electron chi connectivity index (χ4n) is 5.16. The first-order valence-corrected chi connectivity index (χ1v) is 13.0. The van der Waals surface area contributed by atoms with Crippen molar-refractivity contribution in [2.75, 3.05) is 18.4 Å². The summed E-state index contributed by atoms with van der Waals surface area (Å²) in [5.41, 5.74) is 7.31. The number of para-hydroxylation sites is 1. The molecule has 2 N–H and O–H groups in total. The number of pyridine rings is 1. The van der Waals surface area contributed by atoms with Crippen LogP contribution in [0.4, 0.5) is 5.69 Å². The highest BCUT2D eigenvalue weighted by Gasteiger charge is 2.41. The number of hydrogen-bond acceptors (Lipinski definition) is 3. The Hall–Kier alpha value is -3.64. The molecule has 184 valence electrons. The molecule has 0 spiro atoms. The number of rotatable bonds is 9. The van der Waals surface area contributed by atoms with E-state index in [1.165, 1.54) is 22.5 Å². The molecule has 4 aromatic rings. The van der Waals surface area contributed by atoms with Crippen LogP contribution in [0.25, 0.3) is 0 Å². The van der Waals surface area contributed by atoms with Crippen molar-refractivity contribution in [2.45, 2.75) is 38.9 Å². The Bertz CT molecular complexity index is 1290. The molecule has 5 nitrogen and oxygen atoms in total. The number of hydrogen-bond donors (Lipinski definition) is 2. The Morgan fingerprint density at radius 2 is 1.67 bits per heavy atom. The molecule has 1 saturated heterocycles. The maximum Gasteiger partial charge on any atom is 0.170 e. The fourth-order valence-corrected chi connectivity index (χ4v) is 5.49. The lowest BCUT2D eigenvalue weighted by atomic mass is 9.96. The van der Waals surface area contributed by atoms with Crippen molar-refractivity contribution < 1.29 is 0 Å². The van der Waals surface area contributed by atoms with E-state index in [9.17, 15) is 0 Å². The molecule has 2 aromatic carbocycles. The second-order valence-corrected chi connectivity index (χ2v) is 9.75. The number of nitrogens with zero attached hydrogens (tertiary/aromatic N) is 3. The zero-order chi connectivity index (χ0) is 24.9. The molecule has 0 amide bonds. The predicted octanol–water partition coefficient (Wildman–Crippen LogP) is 6.02. The van der Waals surface area contributed by atoms with Crippen molar-refractivity contribution in [2.24, 2.45) is 0 Å². The van der Waals surface area contributed by atoms with Crippen molar-refractivity contribution in [3.63, 3.8) is 0 Å². The van der Waals surface area contributed by atoms with E-state index < -0.39 is 0 Å². The molecule has 0 aliphatic carbocycles. The van der Waals surface area contributed by atoms with Crippen LogP contribution in [-0.4, -0.2) is 32.7 Å². The number of aryl methyl sites for hydroxylation is 1. The van der Waals surface area contributed by atoms with Gasteiger partial charge < -0.3 is 20.1 Å². The van der Waals surface area contributed by atoms with E-state index in [0.717, 1.165) is 42.5 Å².